The lowest BCUT2D eigenvalue weighted by molar-refractivity contribution is 0.244. The van der Waals surface area contributed by atoms with Crippen LogP contribution >= 0.6 is 0 Å². The van der Waals surface area contributed by atoms with Crippen LogP contribution in [0.5, 0.6) is 5.75 Å². The molecule has 3 heteroatoms. The Morgan fingerprint density at radius 3 is 2.39 bits per heavy atom. The summed E-state index contributed by atoms with van der Waals surface area (Å²) in [5.41, 5.74) is 8.59. The second kappa shape index (κ2) is 5.45. The molecule has 0 amide bonds. The number of hydrogen-bond acceptors (Lipinski definition) is 3. The van der Waals surface area contributed by atoms with E-state index in [4.69, 9.17) is 10.5 Å². The third-order valence-corrected chi connectivity index (χ3v) is 2.48. The number of nitrogen functional groups attached to an aromatic ring is 1. The van der Waals surface area contributed by atoms with E-state index in [0.717, 1.165) is 11.4 Å². The van der Waals surface area contributed by atoms with Gasteiger partial charge in [0.15, 0.2) is 0 Å². The van der Waals surface area contributed by atoms with Crippen LogP contribution in [0.4, 0.5) is 17.1 Å². The molecule has 0 saturated carbocycles. The van der Waals surface area contributed by atoms with Crippen LogP contribution in [0.25, 0.3) is 0 Å². The first-order valence-electron chi connectivity index (χ1n) is 6.04. The first kappa shape index (κ1) is 12.3. The zero-order chi connectivity index (χ0) is 13.0. The number of anilines is 3. The summed E-state index contributed by atoms with van der Waals surface area (Å²) >= 11 is 0. The van der Waals surface area contributed by atoms with E-state index >= 15 is 0 Å². The lowest BCUT2D eigenvalue weighted by atomic mass is 10.2. The van der Waals surface area contributed by atoms with Crippen molar-refractivity contribution in [3.63, 3.8) is 0 Å². The molecule has 0 aliphatic rings. The molecule has 0 radical (unpaired) electrons. The number of hydrogen-bond donors (Lipinski definition) is 2. The van der Waals surface area contributed by atoms with E-state index in [0.29, 0.717) is 11.4 Å². The zero-order valence-electron chi connectivity index (χ0n) is 10.7. The molecule has 0 heterocycles. The maximum Gasteiger partial charge on any atom is 0.144 e. The minimum atomic E-state index is 0.110. The predicted octanol–water partition coefficient (Wildman–Crippen LogP) is 3.80. The molecule has 2 aromatic carbocycles. The van der Waals surface area contributed by atoms with E-state index in [1.807, 2.05) is 62.4 Å². The Bertz CT molecular complexity index is 509. The van der Waals surface area contributed by atoms with Crippen molar-refractivity contribution < 1.29 is 4.74 Å². The van der Waals surface area contributed by atoms with Crippen molar-refractivity contribution in [1.82, 2.24) is 0 Å². The number of ether oxygens (including phenoxy) is 1. The van der Waals surface area contributed by atoms with E-state index in [1.165, 1.54) is 0 Å². The van der Waals surface area contributed by atoms with Crippen molar-refractivity contribution in [1.29, 1.82) is 0 Å². The summed E-state index contributed by atoms with van der Waals surface area (Å²) < 4.78 is 5.66. The average molecular weight is 242 g/mol. The van der Waals surface area contributed by atoms with Gasteiger partial charge in [-0.3, -0.25) is 0 Å². The summed E-state index contributed by atoms with van der Waals surface area (Å²) in [7, 11) is 0. The molecule has 0 aromatic heterocycles. The van der Waals surface area contributed by atoms with Crippen LogP contribution in [0, 0.1) is 0 Å². The Morgan fingerprint density at radius 1 is 1.00 bits per heavy atom. The van der Waals surface area contributed by atoms with E-state index in [9.17, 15) is 0 Å². The van der Waals surface area contributed by atoms with Gasteiger partial charge in [-0.05, 0) is 38.1 Å². The minimum Gasteiger partial charge on any atom is -0.489 e. The highest BCUT2D eigenvalue weighted by atomic mass is 16.5. The third-order valence-electron chi connectivity index (χ3n) is 2.48. The number of rotatable bonds is 4. The molecule has 0 bridgehead atoms. The SMILES string of the molecule is CC(C)Oc1cccc(Nc2ccccc2)c1N. The number of para-hydroxylation sites is 2. The van der Waals surface area contributed by atoms with Crippen LogP contribution in [-0.4, -0.2) is 6.10 Å². The van der Waals surface area contributed by atoms with Crippen LogP contribution in [0.3, 0.4) is 0 Å². The van der Waals surface area contributed by atoms with Crippen LogP contribution in [0.1, 0.15) is 13.8 Å². The van der Waals surface area contributed by atoms with Gasteiger partial charge < -0.3 is 15.8 Å². The molecule has 2 aromatic rings. The molecule has 0 aliphatic carbocycles. The topological polar surface area (TPSA) is 47.3 Å². The Balaban J connectivity index is 2.23. The van der Waals surface area contributed by atoms with Crippen molar-refractivity contribution in [2.45, 2.75) is 20.0 Å². The molecular weight excluding hydrogens is 224 g/mol. The van der Waals surface area contributed by atoms with Crippen molar-refractivity contribution >= 4 is 17.1 Å². The van der Waals surface area contributed by atoms with Crippen LogP contribution < -0.4 is 15.8 Å². The lowest BCUT2D eigenvalue weighted by Gasteiger charge is -2.15. The molecule has 0 spiro atoms. The summed E-state index contributed by atoms with van der Waals surface area (Å²) in [5.74, 6) is 0.714. The van der Waals surface area contributed by atoms with Gasteiger partial charge in [0, 0.05) is 5.69 Å². The van der Waals surface area contributed by atoms with E-state index in [1.54, 1.807) is 0 Å². The fourth-order valence-corrected chi connectivity index (χ4v) is 1.69. The van der Waals surface area contributed by atoms with E-state index in [-0.39, 0.29) is 6.10 Å². The highest BCUT2D eigenvalue weighted by Gasteiger charge is 2.07. The molecule has 2 rings (SSSR count). The van der Waals surface area contributed by atoms with Gasteiger partial charge in [-0.25, -0.2) is 0 Å². The first-order valence-corrected chi connectivity index (χ1v) is 6.04. The van der Waals surface area contributed by atoms with Gasteiger partial charge in [-0.1, -0.05) is 24.3 Å². The van der Waals surface area contributed by atoms with Crippen LogP contribution in [0.15, 0.2) is 48.5 Å². The molecule has 0 fully saturated rings. The van der Waals surface area contributed by atoms with E-state index < -0.39 is 0 Å². The van der Waals surface area contributed by atoms with Gasteiger partial charge in [0.05, 0.1) is 17.5 Å². The second-order valence-corrected chi connectivity index (χ2v) is 4.38. The van der Waals surface area contributed by atoms with Crippen LogP contribution in [-0.2, 0) is 0 Å². The Labute approximate surface area is 108 Å². The highest BCUT2D eigenvalue weighted by molar-refractivity contribution is 5.77. The number of nitrogens with one attached hydrogen (secondary N) is 1. The maximum atomic E-state index is 6.09. The molecular formula is C15H18N2O. The molecule has 94 valence electrons. The van der Waals surface area contributed by atoms with Gasteiger partial charge in [0.25, 0.3) is 0 Å². The Hall–Kier alpha value is -2.16. The predicted molar refractivity (Wildman–Crippen MR) is 76.3 cm³/mol. The molecule has 0 atom stereocenters. The van der Waals surface area contributed by atoms with Gasteiger partial charge in [0.1, 0.15) is 5.75 Å². The fraction of sp³-hybridized carbons (Fsp3) is 0.200. The normalized spacial score (nSPS) is 10.4. The van der Waals surface area contributed by atoms with Crippen molar-refractivity contribution in [3.8, 4) is 5.75 Å². The summed E-state index contributed by atoms with van der Waals surface area (Å²) in [4.78, 5) is 0. The van der Waals surface area contributed by atoms with Gasteiger partial charge >= 0.3 is 0 Å². The van der Waals surface area contributed by atoms with Gasteiger partial charge in [0.2, 0.25) is 0 Å². The molecule has 18 heavy (non-hydrogen) atoms. The largest absolute Gasteiger partial charge is 0.489 e. The summed E-state index contributed by atoms with van der Waals surface area (Å²) in [6.45, 7) is 3.97. The zero-order valence-corrected chi connectivity index (χ0v) is 10.7. The van der Waals surface area contributed by atoms with Gasteiger partial charge in [-0.15, -0.1) is 0 Å². The monoisotopic (exact) mass is 242 g/mol. The first-order chi connectivity index (χ1) is 8.66. The van der Waals surface area contributed by atoms with Crippen molar-refractivity contribution in [2.75, 3.05) is 11.1 Å². The quantitative estimate of drug-likeness (QED) is 0.802. The maximum absolute atomic E-state index is 6.09. The molecule has 0 unspecified atom stereocenters. The standard InChI is InChI=1S/C15H18N2O/c1-11(2)18-14-10-6-9-13(15(14)16)17-12-7-4-3-5-8-12/h3-11,17H,16H2,1-2H3. The average Bonchev–Trinajstić information content (AvgIpc) is 2.35. The Morgan fingerprint density at radius 2 is 1.72 bits per heavy atom. The lowest BCUT2D eigenvalue weighted by Crippen LogP contribution is -2.08. The number of benzene rings is 2. The van der Waals surface area contributed by atoms with Crippen molar-refractivity contribution in [2.24, 2.45) is 0 Å². The van der Waals surface area contributed by atoms with E-state index in [2.05, 4.69) is 5.32 Å². The van der Waals surface area contributed by atoms with Crippen LogP contribution in [0.2, 0.25) is 0 Å². The summed E-state index contributed by atoms with van der Waals surface area (Å²) in [6.07, 6.45) is 0.110. The third kappa shape index (κ3) is 2.94. The minimum absolute atomic E-state index is 0.110. The second-order valence-electron chi connectivity index (χ2n) is 4.38. The number of nitrogens with two attached hydrogens (primary N) is 1. The van der Waals surface area contributed by atoms with Gasteiger partial charge in [-0.2, -0.15) is 0 Å². The highest BCUT2D eigenvalue weighted by Crippen LogP contribution is 2.32. The van der Waals surface area contributed by atoms with Crippen molar-refractivity contribution in [3.05, 3.63) is 48.5 Å². The Kier molecular flexibility index (Phi) is 3.72. The fourth-order valence-electron chi connectivity index (χ4n) is 1.69. The summed E-state index contributed by atoms with van der Waals surface area (Å²) in [5, 5.41) is 3.28. The molecule has 0 aliphatic heterocycles. The summed E-state index contributed by atoms with van der Waals surface area (Å²) in [6, 6.07) is 15.7. The molecule has 3 nitrogen and oxygen atoms in total. The smallest absolute Gasteiger partial charge is 0.144 e. The molecule has 0 saturated heterocycles. The molecule has 3 N–H and O–H groups in total.